The average Bonchev–Trinajstić information content (AvgIpc) is 2.77. The van der Waals surface area contributed by atoms with Gasteiger partial charge in [0.25, 0.3) is 0 Å². The van der Waals surface area contributed by atoms with Gasteiger partial charge in [0.05, 0.1) is 18.8 Å². The Labute approximate surface area is 128 Å². The molecule has 0 unspecified atom stereocenters. The topological polar surface area (TPSA) is 71.5 Å². The van der Waals surface area contributed by atoms with Crippen LogP contribution in [0.1, 0.15) is 38.3 Å². The summed E-state index contributed by atoms with van der Waals surface area (Å²) in [7, 11) is 0. The highest BCUT2D eigenvalue weighted by atomic mass is 32.1. The third-order valence-corrected chi connectivity index (χ3v) is 4.14. The molecule has 1 aliphatic heterocycles. The second-order valence-electron chi connectivity index (χ2n) is 5.96. The first-order valence-electron chi connectivity index (χ1n) is 7.03. The Hall–Kier alpha value is -1.63. The SMILES string of the molecule is CCOC(=O)Nc1nc2c(s1)CN(C(=O)C(C)(C)C)CC2. The van der Waals surface area contributed by atoms with E-state index in [9.17, 15) is 9.59 Å². The Bertz CT molecular complexity index is 548. The van der Waals surface area contributed by atoms with Gasteiger partial charge in [0.1, 0.15) is 0 Å². The van der Waals surface area contributed by atoms with Crippen molar-refractivity contribution in [2.45, 2.75) is 40.7 Å². The summed E-state index contributed by atoms with van der Waals surface area (Å²) in [5.41, 5.74) is 0.582. The van der Waals surface area contributed by atoms with Crippen molar-refractivity contribution in [1.82, 2.24) is 9.88 Å². The number of thiazole rings is 1. The van der Waals surface area contributed by atoms with Gasteiger partial charge >= 0.3 is 6.09 Å². The lowest BCUT2D eigenvalue weighted by molar-refractivity contribution is -0.140. The molecule has 0 saturated carbocycles. The summed E-state index contributed by atoms with van der Waals surface area (Å²) in [6, 6.07) is 0. The number of amides is 2. The molecule has 21 heavy (non-hydrogen) atoms. The summed E-state index contributed by atoms with van der Waals surface area (Å²) in [4.78, 5) is 31.0. The van der Waals surface area contributed by atoms with Gasteiger partial charge in [-0.1, -0.05) is 32.1 Å². The quantitative estimate of drug-likeness (QED) is 0.911. The van der Waals surface area contributed by atoms with Crippen LogP contribution in [0, 0.1) is 5.41 Å². The molecular weight excluding hydrogens is 290 g/mol. The summed E-state index contributed by atoms with van der Waals surface area (Å²) in [6.45, 7) is 9.08. The monoisotopic (exact) mass is 311 g/mol. The molecule has 2 amide bonds. The Balaban J connectivity index is 2.06. The Kier molecular flexibility index (Phi) is 4.51. The minimum atomic E-state index is -0.494. The second-order valence-corrected chi connectivity index (χ2v) is 7.04. The van der Waals surface area contributed by atoms with E-state index in [4.69, 9.17) is 4.74 Å². The molecule has 1 N–H and O–H groups in total. The van der Waals surface area contributed by atoms with E-state index < -0.39 is 6.09 Å². The third-order valence-electron chi connectivity index (χ3n) is 3.14. The number of fused-ring (bicyclic) bond motifs is 1. The van der Waals surface area contributed by atoms with E-state index in [1.54, 1.807) is 6.92 Å². The zero-order valence-corrected chi connectivity index (χ0v) is 13.7. The molecule has 1 aromatic rings. The van der Waals surface area contributed by atoms with Gasteiger partial charge in [0.2, 0.25) is 5.91 Å². The third kappa shape index (κ3) is 3.72. The summed E-state index contributed by atoms with van der Waals surface area (Å²) < 4.78 is 4.83. The van der Waals surface area contributed by atoms with Gasteiger partial charge in [-0.2, -0.15) is 0 Å². The number of carbonyl (C=O) groups excluding carboxylic acids is 2. The molecule has 1 aliphatic rings. The number of ether oxygens (including phenoxy) is 1. The van der Waals surface area contributed by atoms with Crippen molar-refractivity contribution < 1.29 is 14.3 Å². The maximum atomic E-state index is 12.3. The van der Waals surface area contributed by atoms with E-state index in [1.165, 1.54) is 11.3 Å². The van der Waals surface area contributed by atoms with Crippen molar-refractivity contribution in [2.24, 2.45) is 5.41 Å². The lowest BCUT2D eigenvalue weighted by Gasteiger charge is -2.31. The molecule has 116 valence electrons. The molecule has 0 fully saturated rings. The summed E-state index contributed by atoms with van der Waals surface area (Å²) in [5.74, 6) is 0.140. The standard InChI is InChI=1S/C14H21N3O3S/c1-5-20-13(19)16-12-15-9-6-7-17(8-10(9)21-12)11(18)14(2,3)4/h5-8H2,1-4H3,(H,15,16,19). The van der Waals surface area contributed by atoms with E-state index in [0.717, 1.165) is 17.0 Å². The number of nitrogens with one attached hydrogen (secondary N) is 1. The largest absolute Gasteiger partial charge is 0.450 e. The molecule has 1 aromatic heterocycles. The fourth-order valence-electron chi connectivity index (χ4n) is 2.15. The molecule has 0 aromatic carbocycles. The number of nitrogens with zero attached hydrogens (tertiary/aromatic N) is 2. The lowest BCUT2D eigenvalue weighted by Crippen LogP contribution is -2.42. The van der Waals surface area contributed by atoms with E-state index in [2.05, 4.69) is 10.3 Å². The van der Waals surface area contributed by atoms with Crippen LogP contribution in [-0.2, 0) is 22.5 Å². The van der Waals surface area contributed by atoms with Crippen LogP contribution in [0.5, 0.6) is 0 Å². The Morgan fingerprint density at radius 2 is 2.14 bits per heavy atom. The van der Waals surface area contributed by atoms with Crippen molar-refractivity contribution in [3.05, 3.63) is 10.6 Å². The zero-order chi connectivity index (χ0) is 15.6. The summed E-state index contributed by atoms with van der Waals surface area (Å²) in [5, 5.41) is 3.15. The van der Waals surface area contributed by atoms with Crippen LogP contribution in [0.25, 0.3) is 0 Å². The number of aromatic nitrogens is 1. The van der Waals surface area contributed by atoms with Crippen molar-refractivity contribution in [1.29, 1.82) is 0 Å². The van der Waals surface area contributed by atoms with Crippen LogP contribution < -0.4 is 5.32 Å². The van der Waals surface area contributed by atoms with Crippen molar-refractivity contribution in [2.75, 3.05) is 18.5 Å². The lowest BCUT2D eigenvalue weighted by atomic mass is 9.94. The van der Waals surface area contributed by atoms with Gasteiger partial charge < -0.3 is 9.64 Å². The fourth-order valence-corrected chi connectivity index (χ4v) is 3.16. The maximum Gasteiger partial charge on any atom is 0.413 e. The Morgan fingerprint density at radius 1 is 1.43 bits per heavy atom. The van der Waals surface area contributed by atoms with Gasteiger partial charge in [-0.05, 0) is 6.92 Å². The molecule has 7 heteroatoms. The highest BCUT2D eigenvalue weighted by molar-refractivity contribution is 7.15. The highest BCUT2D eigenvalue weighted by Gasteiger charge is 2.31. The molecule has 0 spiro atoms. The van der Waals surface area contributed by atoms with E-state index >= 15 is 0 Å². The fraction of sp³-hybridized carbons (Fsp3) is 0.643. The number of carbonyl (C=O) groups is 2. The van der Waals surface area contributed by atoms with E-state index in [0.29, 0.717) is 24.8 Å². The van der Waals surface area contributed by atoms with Crippen LogP contribution in [0.4, 0.5) is 9.93 Å². The van der Waals surface area contributed by atoms with E-state index in [-0.39, 0.29) is 11.3 Å². The first-order valence-corrected chi connectivity index (χ1v) is 7.84. The first kappa shape index (κ1) is 15.8. The molecule has 2 heterocycles. The maximum absolute atomic E-state index is 12.3. The predicted molar refractivity (Wildman–Crippen MR) is 81.3 cm³/mol. The first-order chi connectivity index (χ1) is 9.81. The average molecular weight is 311 g/mol. The molecular formula is C14H21N3O3S. The Morgan fingerprint density at radius 3 is 2.76 bits per heavy atom. The molecule has 0 bridgehead atoms. The predicted octanol–water partition coefficient (Wildman–Crippen LogP) is 2.64. The van der Waals surface area contributed by atoms with Crippen molar-refractivity contribution >= 4 is 28.5 Å². The van der Waals surface area contributed by atoms with Crippen LogP contribution in [0.15, 0.2) is 0 Å². The molecule has 2 rings (SSSR count). The normalized spacial score (nSPS) is 14.6. The van der Waals surface area contributed by atoms with Gasteiger partial charge in [-0.15, -0.1) is 0 Å². The van der Waals surface area contributed by atoms with E-state index in [1.807, 2.05) is 25.7 Å². The summed E-state index contributed by atoms with van der Waals surface area (Å²) >= 11 is 1.40. The molecule has 6 nitrogen and oxygen atoms in total. The molecule has 0 atom stereocenters. The highest BCUT2D eigenvalue weighted by Crippen LogP contribution is 2.30. The van der Waals surface area contributed by atoms with Crippen molar-refractivity contribution in [3.63, 3.8) is 0 Å². The van der Waals surface area contributed by atoms with Crippen LogP contribution in [0.2, 0.25) is 0 Å². The summed E-state index contributed by atoms with van der Waals surface area (Å²) in [6.07, 6.45) is 0.226. The molecule has 0 radical (unpaired) electrons. The van der Waals surface area contributed by atoms with Gasteiger partial charge in [-0.3, -0.25) is 10.1 Å². The van der Waals surface area contributed by atoms with Crippen LogP contribution in [0.3, 0.4) is 0 Å². The molecule has 0 saturated heterocycles. The smallest absolute Gasteiger partial charge is 0.413 e. The second kappa shape index (κ2) is 6.01. The van der Waals surface area contributed by atoms with Gasteiger partial charge in [0, 0.05) is 23.3 Å². The molecule has 0 aliphatic carbocycles. The van der Waals surface area contributed by atoms with Crippen molar-refractivity contribution in [3.8, 4) is 0 Å². The van der Waals surface area contributed by atoms with Crippen LogP contribution >= 0.6 is 11.3 Å². The minimum Gasteiger partial charge on any atom is -0.450 e. The zero-order valence-electron chi connectivity index (χ0n) is 12.9. The number of anilines is 1. The van der Waals surface area contributed by atoms with Gasteiger partial charge in [-0.25, -0.2) is 9.78 Å². The number of rotatable bonds is 2. The number of hydrogen-bond donors (Lipinski definition) is 1. The number of hydrogen-bond acceptors (Lipinski definition) is 5. The van der Waals surface area contributed by atoms with Crippen LogP contribution in [-0.4, -0.2) is 35.0 Å². The van der Waals surface area contributed by atoms with Gasteiger partial charge in [0.15, 0.2) is 5.13 Å². The minimum absolute atomic E-state index is 0.140.